The van der Waals surface area contributed by atoms with E-state index < -0.39 is 4.92 Å². The lowest BCUT2D eigenvalue weighted by Gasteiger charge is -2.07. The number of nitrogens with one attached hydrogen (secondary N) is 1. The number of aromatic nitrogens is 3. The predicted octanol–water partition coefficient (Wildman–Crippen LogP) is 2.92. The molecule has 7 nitrogen and oxygen atoms in total. The van der Waals surface area contributed by atoms with E-state index in [0.717, 1.165) is 10.4 Å². The van der Waals surface area contributed by atoms with Gasteiger partial charge in [0.15, 0.2) is 5.52 Å². The molecule has 3 rings (SSSR count). The third-order valence-corrected chi connectivity index (χ3v) is 3.75. The summed E-state index contributed by atoms with van der Waals surface area (Å²) in [5.41, 5.74) is 3.98. The maximum absolute atomic E-state index is 11.3. The van der Waals surface area contributed by atoms with Crippen LogP contribution in [0.5, 0.6) is 0 Å². The second kappa shape index (κ2) is 5.41. The molecule has 0 saturated carbocycles. The molecule has 0 bridgehead atoms. The molecule has 0 unspecified atom stereocenters. The Morgan fingerprint density at radius 3 is 2.86 bits per heavy atom. The van der Waals surface area contributed by atoms with E-state index in [1.54, 1.807) is 24.0 Å². The quantitative estimate of drug-likeness (QED) is 0.588. The number of rotatable bonds is 4. The van der Waals surface area contributed by atoms with Gasteiger partial charge in [0, 0.05) is 6.20 Å². The lowest BCUT2D eigenvalue weighted by atomic mass is 10.2. The van der Waals surface area contributed by atoms with Crippen molar-refractivity contribution >= 4 is 32.9 Å². The zero-order valence-electron chi connectivity index (χ0n) is 11.1. The van der Waals surface area contributed by atoms with Gasteiger partial charge in [-0.1, -0.05) is 0 Å². The van der Waals surface area contributed by atoms with Crippen LogP contribution in [0.15, 0.2) is 30.0 Å². The van der Waals surface area contributed by atoms with E-state index in [1.165, 1.54) is 11.3 Å². The zero-order valence-corrected chi connectivity index (χ0v) is 11.9. The van der Waals surface area contributed by atoms with E-state index in [9.17, 15) is 10.1 Å². The van der Waals surface area contributed by atoms with Crippen LogP contribution < -0.4 is 5.32 Å². The van der Waals surface area contributed by atoms with Gasteiger partial charge >= 0.3 is 5.69 Å². The highest BCUT2D eigenvalue weighted by Gasteiger charge is 2.20. The standard InChI is InChI=1S/C13H11N5O2S/c1-8-4-15-9(5-14-8)6-16-10-2-3-11-12(17-7-21-11)13(10)18(19)20/h2-5,7,16H,6H2,1H3. The van der Waals surface area contributed by atoms with Crippen LogP contribution in [-0.4, -0.2) is 19.9 Å². The Balaban J connectivity index is 1.91. The highest BCUT2D eigenvalue weighted by Crippen LogP contribution is 2.34. The van der Waals surface area contributed by atoms with Crippen LogP contribution in [0.1, 0.15) is 11.4 Å². The Labute approximate surface area is 123 Å². The second-order valence-electron chi connectivity index (χ2n) is 4.42. The molecule has 0 fully saturated rings. The average Bonchev–Trinajstić information content (AvgIpc) is 2.94. The SMILES string of the molecule is Cc1cnc(CNc2ccc3scnc3c2[N+](=O)[O-])cn1. The molecule has 0 saturated heterocycles. The molecule has 2 heterocycles. The third kappa shape index (κ3) is 2.65. The van der Waals surface area contributed by atoms with Gasteiger partial charge in [0.2, 0.25) is 0 Å². The molecule has 0 spiro atoms. The van der Waals surface area contributed by atoms with Crippen LogP contribution in [0.2, 0.25) is 0 Å². The maximum atomic E-state index is 11.3. The van der Waals surface area contributed by atoms with Gasteiger partial charge in [-0.2, -0.15) is 0 Å². The van der Waals surface area contributed by atoms with Gasteiger partial charge in [-0.15, -0.1) is 11.3 Å². The molecule has 0 aliphatic carbocycles. The average molecular weight is 301 g/mol. The van der Waals surface area contributed by atoms with Gasteiger partial charge in [-0.05, 0) is 19.1 Å². The van der Waals surface area contributed by atoms with Gasteiger partial charge in [-0.3, -0.25) is 20.1 Å². The summed E-state index contributed by atoms with van der Waals surface area (Å²) in [6, 6.07) is 3.52. The highest BCUT2D eigenvalue weighted by molar-refractivity contribution is 7.16. The van der Waals surface area contributed by atoms with Crippen molar-refractivity contribution in [3.8, 4) is 0 Å². The molecular formula is C13H11N5O2S. The van der Waals surface area contributed by atoms with E-state index in [2.05, 4.69) is 20.3 Å². The van der Waals surface area contributed by atoms with Crippen LogP contribution in [0.3, 0.4) is 0 Å². The first-order chi connectivity index (χ1) is 10.1. The minimum atomic E-state index is -0.412. The number of nitro groups is 1. The number of nitro benzene ring substituents is 1. The predicted molar refractivity (Wildman–Crippen MR) is 80.4 cm³/mol. The normalized spacial score (nSPS) is 10.7. The summed E-state index contributed by atoms with van der Waals surface area (Å²) in [6.45, 7) is 2.22. The summed E-state index contributed by atoms with van der Waals surface area (Å²) in [7, 11) is 0. The van der Waals surface area contributed by atoms with Crippen molar-refractivity contribution in [3.05, 3.63) is 51.5 Å². The Hall–Kier alpha value is -2.61. The smallest absolute Gasteiger partial charge is 0.319 e. The van der Waals surface area contributed by atoms with Gasteiger partial charge in [-0.25, -0.2) is 4.98 Å². The lowest BCUT2D eigenvalue weighted by molar-refractivity contribution is -0.382. The summed E-state index contributed by atoms with van der Waals surface area (Å²) < 4.78 is 0.794. The molecule has 3 aromatic rings. The van der Waals surface area contributed by atoms with Gasteiger partial charge in [0.25, 0.3) is 0 Å². The summed E-state index contributed by atoms with van der Waals surface area (Å²) in [6.07, 6.45) is 3.31. The maximum Gasteiger partial charge on any atom is 0.319 e. The van der Waals surface area contributed by atoms with E-state index in [4.69, 9.17) is 0 Å². The summed E-state index contributed by atoms with van der Waals surface area (Å²) >= 11 is 1.38. The molecule has 1 N–H and O–H groups in total. The van der Waals surface area contributed by atoms with Crippen LogP contribution in [0, 0.1) is 17.0 Å². The molecule has 21 heavy (non-hydrogen) atoms. The largest absolute Gasteiger partial charge is 0.374 e. The number of nitrogens with zero attached hydrogens (tertiary/aromatic N) is 4. The van der Waals surface area contributed by atoms with E-state index in [1.807, 2.05) is 13.0 Å². The summed E-state index contributed by atoms with van der Waals surface area (Å²) in [5.74, 6) is 0. The molecule has 0 amide bonds. The van der Waals surface area contributed by atoms with Gasteiger partial charge < -0.3 is 5.32 Å². The van der Waals surface area contributed by atoms with Gasteiger partial charge in [0.1, 0.15) is 5.69 Å². The van der Waals surface area contributed by atoms with Crippen LogP contribution in [0.25, 0.3) is 10.2 Å². The number of aryl methyl sites for hydroxylation is 1. The van der Waals surface area contributed by atoms with Crippen LogP contribution in [-0.2, 0) is 6.54 Å². The second-order valence-corrected chi connectivity index (χ2v) is 5.31. The number of fused-ring (bicyclic) bond motifs is 1. The van der Waals surface area contributed by atoms with Crippen molar-refractivity contribution in [1.82, 2.24) is 15.0 Å². The first-order valence-electron chi connectivity index (χ1n) is 6.17. The number of anilines is 1. The molecule has 2 aromatic heterocycles. The third-order valence-electron chi connectivity index (χ3n) is 2.95. The molecule has 0 radical (unpaired) electrons. The molecule has 106 valence electrons. The van der Waals surface area contributed by atoms with Crippen molar-refractivity contribution < 1.29 is 4.92 Å². The Morgan fingerprint density at radius 1 is 1.29 bits per heavy atom. The Morgan fingerprint density at radius 2 is 2.14 bits per heavy atom. The number of benzene rings is 1. The van der Waals surface area contributed by atoms with Crippen LogP contribution >= 0.6 is 11.3 Å². The van der Waals surface area contributed by atoms with Crippen molar-refractivity contribution in [2.45, 2.75) is 13.5 Å². The fourth-order valence-electron chi connectivity index (χ4n) is 1.94. The van der Waals surface area contributed by atoms with Gasteiger partial charge in [0.05, 0.1) is 39.3 Å². The number of hydrogen-bond acceptors (Lipinski definition) is 7. The van der Waals surface area contributed by atoms with Crippen molar-refractivity contribution in [1.29, 1.82) is 0 Å². The summed E-state index contributed by atoms with van der Waals surface area (Å²) in [4.78, 5) is 23.3. The lowest BCUT2D eigenvalue weighted by Crippen LogP contribution is -2.05. The zero-order chi connectivity index (χ0) is 14.8. The first-order valence-corrected chi connectivity index (χ1v) is 7.05. The molecule has 8 heteroatoms. The first kappa shape index (κ1) is 13.4. The van der Waals surface area contributed by atoms with E-state index in [0.29, 0.717) is 23.4 Å². The fourth-order valence-corrected chi connectivity index (χ4v) is 2.62. The topological polar surface area (TPSA) is 93.8 Å². The van der Waals surface area contributed by atoms with E-state index in [-0.39, 0.29) is 5.69 Å². The Bertz CT molecular complexity index is 800. The molecule has 0 aliphatic heterocycles. The number of thiazole rings is 1. The number of hydrogen-bond donors (Lipinski definition) is 1. The van der Waals surface area contributed by atoms with E-state index >= 15 is 0 Å². The van der Waals surface area contributed by atoms with Crippen molar-refractivity contribution in [2.24, 2.45) is 0 Å². The molecular weight excluding hydrogens is 290 g/mol. The molecule has 0 aliphatic rings. The molecule has 0 atom stereocenters. The molecule has 1 aromatic carbocycles. The minimum Gasteiger partial charge on any atom is -0.374 e. The van der Waals surface area contributed by atoms with Crippen molar-refractivity contribution in [2.75, 3.05) is 5.32 Å². The Kier molecular flexibility index (Phi) is 3.44. The summed E-state index contributed by atoms with van der Waals surface area (Å²) in [5, 5.41) is 14.3. The minimum absolute atomic E-state index is 0.00572. The fraction of sp³-hybridized carbons (Fsp3) is 0.154. The van der Waals surface area contributed by atoms with Crippen molar-refractivity contribution in [3.63, 3.8) is 0 Å². The van der Waals surface area contributed by atoms with Crippen LogP contribution in [0.4, 0.5) is 11.4 Å². The monoisotopic (exact) mass is 301 g/mol. The highest BCUT2D eigenvalue weighted by atomic mass is 32.1.